The number of aromatic nitrogens is 2. The first kappa shape index (κ1) is 39.2. The van der Waals surface area contributed by atoms with E-state index in [9.17, 15) is 33.4 Å². The molecular weight excluding hydrogens is 714 g/mol. The van der Waals surface area contributed by atoms with Gasteiger partial charge in [-0.2, -0.15) is 10.2 Å². The minimum atomic E-state index is -4.81. The normalized spacial score (nSPS) is 23.4. The Labute approximate surface area is 291 Å². The summed E-state index contributed by atoms with van der Waals surface area (Å²) in [6.45, 7) is 1.78. The Morgan fingerprint density at radius 3 is 1.94 bits per heavy atom. The van der Waals surface area contributed by atoms with Crippen LogP contribution in [0.25, 0.3) is 0 Å². The van der Waals surface area contributed by atoms with Gasteiger partial charge >= 0.3 is 33.1 Å². The molecule has 20 heteroatoms. The van der Waals surface area contributed by atoms with Gasteiger partial charge in [0.05, 0.1) is 20.8 Å². The second kappa shape index (κ2) is 16.6. The number of nitrogens with zero attached hydrogens (tertiary/aromatic N) is 1. The second-order valence-electron chi connectivity index (χ2n) is 10.9. The van der Waals surface area contributed by atoms with Gasteiger partial charge in [-0.05, 0) is 38.1 Å². The number of esters is 2. The van der Waals surface area contributed by atoms with Gasteiger partial charge in [-0.1, -0.05) is 42.3 Å². The molecule has 4 rings (SSSR count). The lowest BCUT2D eigenvalue weighted by Crippen LogP contribution is -2.50. The van der Waals surface area contributed by atoms with Crippen LogP contribution in [0.5, 0.6) is 11.5 Å². The van der Waals surface area contributed by atoms with Crippen molar-refractivity contribution in [1.29, 1.82) is 0 Å². The molecule has 2 unspecified atom stereocenters. The van der Waals surface area contributed by atoms with Crippen molar-refractivity contribution in [2.24, 2.45) is 0 Å². The molecule has 8 atom stereocenters. The zero-order chi connectivity index (χ0) is 37.4. The molecule has 0 spiro atoms. The Balaban J connectivity index is 1.78. The second-order valence-corrected chi connectivity index (χ2v) is 14.2. The van der Waals surface area contributed by atoms with Crippen LogP contribution in [0.1, 0.15) is 20.1 Å². The van der Waals surface area contributed by atoms with E-state index in [-0.39, 0.29) is 11.5 Å². The van der Waals surface area contributed by atoms with Crippen LogP contribution < -0.4 is 30.5 Å². The smallest absolute Gasteiger partial charge is 0.459 e. The number of ether oxygens (including phenoxy) is 3. The summed E-state index contributed by atoms with van der Waals surface area (Å²) in [4.78, 5) is 51.3. The predicted octanol–water partition coefficient (Wildman–Crippen LogP) is 1.88. The van der Waals surface area contributed by atoms with E-state index in [4.69, 9.17) is 38.7 Å². The van der Waals surface area contributed by atoms with Crippen LogP contribution >= 0.6 is 15.5 Å². The van der Waals surface area contributed by atoms with Crippen LogP contribution in [0.4, 0.5) is 0 Å². The van der Waals surface area contributed by atoms with Gasteiger partial charge in [-0.3, -0.25) is 33.0 Å². The topological polar surface area (TPSA) is 232 Å². The number of hydrogen-bond donors (Lipinski definition) is 4. The molecule has 1 aromatic heterocycles. The lowest BCUT2D eigenvalue weighted by Gasteiger charge is -2.32. The summed E-state index contributed by atoms with van der Waals surface area (Å²) in [6.07, 6.45) is 1.30. The number of rotatable bonds is 16. The highest BCUT2D eigenvalue weighted by molar-refractivity contribution is 7.52. The van der Waals surface area contributed by atoms with Crippen molar-refractivity contribution in [2.45, 2.75) is 50.0 Å². The average Bonchev–Trinajstić information content (AvgIpc) is 3.37. The molecule has 51 heavy (non-hydrogen) atoms. The van der Waals surface area contributed by atoms with Gasteiger partial charge in [0.2, 0.25) is 0 Å². The molecule has 0 radical (unpaired) electrons. The minimum Gasteiger partial charge on any atom is -0.468 e. The van der Waals surface area contributed by atoms with Gasteiger partial charge < -0.3 is 28.4 Å². The third-order valence-electron chi connectivity index (χ3n) is 7.20. The summed E-state index contributed by atoms with van der Waals surface area (Å²) in [5.74, 6) is 0.469. The quantitative estimate of drug-likeness (QED) is 0.0930. The Morgan fingerprint density at radius 1 is 0.941 bits per heavy atom. The van der Waals surface area contributed by atoms with E-state index < -0.39 is 81.4 Å². The van der Waals surface area contributed by atoms with Crippen molar-refractivity contribution in [1.82, 2.24) is 19.7 Å². The number of hydrogen-bond acceptors (Lipinski definition) is 14. The molecule has 18 nitrogen and oxygen atoms in total. The third kappa shape index (κ3) is 9.61. The zero-order valence-corrected chi connectivity index (χ0v) is 29.5. The lowest BCUT2D eigenvalue weighted by molar-refractivity contribution is -0.143. The molecule has 1 fully saturated rings. The molecule has 1 saturated heterocycles. The molecule has 0 saturated carbocycles. The Bertz CT molecular complexity index is 1940. The SMILES string of the molecule is C#C[C@]1(O)[C@H](OP(=O)(N[C@@H](C)C(=O)OC)Oc2ccccc2)[C@@H](COP(=O)(N[C@@H](C)C(=O)OC)Oc2ccccc2)O[C@@H]1n1ccc(=O)[nH]c1=O. The highest BCUT2D eigenvalue weighted by Gasteiger charge is 2.60. The van der Waals surface area contributed by atoms with Crippen molar-refractivity contribution < 1.29 is 56.1 Å². The van der Waals surface area contributed by atoms with Crippen molar-refractivity contribution in [3.8, 4) is 23.8 Å². The van der Waals surface area contributed by atoms with Gasteiger partial charge in [0.15, 0.2) is 11.8 Å². The average molecular weight is 751 g/mol. The van der Waals surface area contributed by atoms with Gasteiger partial charge in [0, 0.05) is 12.3 Å². The molecular formula is C31H36N4O14P2. The Hall–Kier alpha value is -4.56. The van der Waals surface area contributed by atoms with Crippen molar-refractivity contribution in [3.63, 3.8) is 0 Å². The number of H-pyrrole nitrogens is 1. The first-order valence-corrected chi connectivity index (χ1v) is 18.1. The van der Waals surface area contributed by atoms with Crippen LogP contribution in [0.15, 0.2) is 82.5 Å². The number of carbonyl (C=O) groups is 2. The highest BCUT2D eigenvalue weighted by Crippen LogP contribution is 2.53. The number of methoxy groups -OCH3 is 2. The number of carbonyl (C=O) groups excluding carboxylic acids is 2. The van der Waals surface area contributed by atoms with Crippen LogP contribution in [-0.4, -0.2) is 77.3 Å². The van der Waals surface area contributed by atoms with Crippen LogP contribution in [0.3, 0.4) is 0 Å². The van der Waals surface area contributed by atoms with E-state index in [1.807, 2.05) is 4.98 Å². The first-order chi connectivity index (χ1) is 24.2. The van der Waals surface area contributed by atoms with Gasteiger partial charge in [-0.15, -0.1) is 6.42 Å². The number of terminal acetylenes is 1. The summed E-state index contributed by atoms with van der Waals surface area (Å²) in [7, 11) is -7.16. The summed E-state index contributed by atoms with van der Waals surface area (Å²) < 4.78 is 67.7. The molecule has 2 aromatic carbocycles. The number of aliphatic hydroxyl groups is 1. The van der Waals surface area contributed by atoms with E-state index in [1.54, 1.807) is 36.4 Å². The summed E-state index contributed by atoms with van der Waals surface area (Å²) in [6, 6.07) is 13.8. The monoisotopic (exact) mass is 750 g/mol. The Kier molecular flexibility index (Phi) is 12.8. The molecule has 1 aliphatic heterocycles. The maximum absolute atomic E-state index is 14.5. The highest BCUT2D eigenvalue weighted by atomic mass is 31.2. The zero-order valence-electron chi connectivity index (χ0n) is 27.7. The minimum absolute atomic E-state index is 0.00322. The van der Waals surface area contributed by atoms with E-state index in [1.165, 1.54) is 38.1 Å². The fourth-order valence-corrected chi connectivity index (χ4v) is 7.98. The van der Waals surface area contributed by atoms with Gasteiger partial charge in [-0.25, -0.2) is 13.9 Å². The van der Waals surface area contributed by atoms with Crippen LogP contribution in [-0.2, 0) is 42.0 Å². The summed E-state index contributed by atoms with van der Waals surface area (Å²) in [5.41, 5.74) is -4.55. The van der Waals surface area contributed by atoms with E-state index in [2.05, 4.69) is 16.1 Å². The first-order valence-electron chi connectivity index (χ1n) is 15.1. The molecule has 1 aliphatic rings. The van der Waals surface area contributed by atoms with Crippen molar-refractivity contribution in [2.75, 3.05) is 20.8 Å². The van der Waals surface area contributed by atoms with E-state index in [0.717, 1.165) is 31.0 Å². The fraction of sp³-hybridized carbons (Fsp3) is 0.355. The molecule has 2 heterocycles. The number of para-hydroxylation sites is 2. The van der Waals surface area contributed by atoms with Crippen LogP contribution in [0.2, 0.25) is 0 Å². The summed E-state index contributed by atoms with van der Waals surface area (Å²) in [5, 5.41) is 16.9. The van der Waals surface area contributed by atoms with Gasteiger partial charge in [0.1, 0.15) is 35.8 Å². The maximum Gasteiger partial charge on any atom is 0.459 e. The molecule has 0 aliphatic carbocycles. The number of nitrogens with one attached hydrogen (secondary N) is 3. The summed E-state index contributed by atoms with van der Waals surface area (Å²) >= 11 is 0. The number of benzene rings is 2. The Morgan fingerprint density at radius 2 is 1.45 bits per heavy atom. The van der Waals surface area contributed by atoms with E-state index in [0.29, 0.717) is 0 Å². The largest absolute Gasteiger partial charge is 0.468 e. The molecule has 4 N–H and O–H groups in total. The maximum atomic E-state index is 14.5. The van der Waals surface area contributed by atoms with Crippen molar-refractivity contribution >= 4 is 27.4 Å². The van der Waals surface area contributed by atoms with Gasteiger partial charge in [0.25, 0.3) is 5.56 Å². The van der Waals surface area contributed by atoms with Crippen LogP contribution in [0, 0.1) is 12.3 Å². The lowest BCUT2D eigenvalue weighted by atomic mass is 9.95. The predicted molar refractivity (Wildman–Crippen MR) is 178 cm³/mol. The van der Waals surface area contributed by atoms with E-state index >= 15 is 0 Å². The third-order valence-corrected chi connectivity index (χ3v) is 10.5. The molecule has 0 bridgehead atoms. The molecule has 0 amide bonds. The fourth-order valence-electron chi connectivity index (χ4n) is 4.75. The molecule has 3 aromatic rings. The van der Waals surface area contributed by atoms with Crippen molar-refractivity contribution in [3.05, 3.63) is 93.8 Å². The molecule has 274 valence electrons. The number of aromatic amines is 1. The standard InChI is InChI=1S/C31H36N4O14P2/c1-6-31(40)26(49-51(42,34-21(3)28(38)44-5)48-23-15-11-8-12-16-23)24(46-29(31)35-18-17-25(36)32-30(35)39)19-45-50(41,33-20(2)27(37)43-4)47-22-13-9-7-10-14-22/h1,7-18,20-21,24,26,29,40H,19H2,2-5H3,(H,33,41)(H,34,42)(H,32,36,39)/t20-,21-,24+,26+,29-,31-,50?,51?/m0/s1.